The highest BCUT2D eigenvalue weighted by Gasteiger charge is 2.20. The Bertz CT molecular complexity index is 785. The van der Waals surface area contributed by atoms with E-state index >= 15 is 0 Å². The first-order valence-corrected chi connectivity index (χ1v) is 11.6. The number of fused-ring (bicyclic) bond motifs is 1. The fraction of sp³-hybridized carbons (Fsp3) is 0.560. The van der Waals surface area contributed by atoms with Crippen molar-refractivity contribution in [3.63, 3.8) is 0 Å². The smallest absolute Gasteiger partial charge is 0.128 e. The number of nitrogens with zero attached hydrogens (tertiary/aromatic N) is 4. The lowest BCUT2D eigenvalue weighted by Gasteiger charge is -2.35. The van der Waals surface area contributed by atoms with E-state index in [9.17, 15) is 0 Å². The summed E-state index contributed by atoms with van der Waals surface area (Å²) in [5.41, 5.74) is 2.75. The summed E-state index contributed by atoms with van der Waals surface area (Å²) in [5, 5.41) is 0. The Morgan fingerprint density at radius 1 is 0.967 bits per heavy atom. The van der Waals surface area contributed by atoms with Crippen molar-refractivity contribution < 1.29 is 4.74 Å². The lowest BCUT2D eigenvalue weighted by Crippen LogP contribution is -2.46. The maximum atomic E-state index is 6.07. The van der Waals surface area contributed by atoms with Crippen LogP contribution in [-0.4, -0.2) is 60.7 Å². The van der Waals surface area contributed by atoms with E-state index in [0.29, 0.717) is 0 Å². The van der Waals surface area contributed by atoms with Gasteiger partial charge in [0.05, 0.1) is 0 Å². The van der Waals surface area contributed by atoms with Crippen LogP contribution in [0.15, 0.2) is 42.6 Å². The SMILES string of the molecule is CCC(CC)CN1CCOc2ccc(CN3CCN(c4ccccn4)CC3)cc2C1. The zero-order valence-electron chi connectivity index (χ0n) is 18.6. The van der Waals surface area contributed by atoms with E-state index in [1.54, 1.807) is 0 Å². The van der Waals surface area contributed by atoms with Crippen LogP contribution in [0, 0.1) is 5.92 Å². The van der Waals surface area contributed by atoms with Crippen LogP contribution in [0.25, 0.3) is 0 Å². The molecule has 2 aromatic rings. The van der Waals surface area contributed by atoms with Crippen LogP contribution < -0.4 is 9.64 Å². The first kappa shape index (κ1) is 21.1. The Kier molecular flexibility index (Phi) is 7.24. The molecule has 0 N–H and O–H groups in total. The second kappa shape index (κ2) is 10.3. The molecular formula is C25H36N4O. The van der Waals surface area contributed by atoms with Crippen molar-refractivity contribution in [3.8, 4) is 5.75 Å². The predicted octanol–water partition coefficient (Wildman–Crippen LogP) is 4.03. The minimum Gasteiger partial charge on any atom is -0.492 e. The summed E-state index contributed by atoms with van der Waals surface area (Å²) in [6, 6.07) is 13.0. The number of pyridine rings is 1. The van der Waals surface area contributed by atoms with Crippen LogP contribution in [0.3, 0.4) is 0 Å². The van der Waals surface area contributed by atoms with Gasteiger partial charge in [-0.1, -0.05) is 38.8 Å². The molecule has 0 unspecified atom stereocenters. The Labute approximate surface area is 181 Å². The Morgan fingerprint density at radius 2 is 1.80 bits per heavy atom. The van der Waals surface area contributed by atoms with Crippen LogP contribution in [0.5, 0.6) is 5.75 Å². The molecular weight excluding hydrogens is 372 g/mol. The third-order valence-corrected chi connectivity index (χ3v) is 6.61. The van der Waals surface area contributed by atoms with Gasteiger partial charge in [0.15, 0.2) is 0 Å². The zero-order chi connectivity index (χ0) is 20.8. The molecule has 0 radical (unpaired) electrons. The van der Waals surface area contributed by atoms with Gasteiger partial charge in [-0.05, 0) is 35.7 Å². The number of ether oxygens (including phenoxy) is 1. The van der Waals surface area contributed by atoms with E-state index < -0.39 is 0 Å². The topological polar surface area (TPSA) is 31.8 Å². The summed E-state index contributed by atoms with van der Waals surface area (Å²) >= 11 is 0. The Balaban J connectivity index is 1.35. The van der Waals surface area contributed by atoms with Crippen molar-refractivity contribution in [2.24, 2.45) is 5.92 Å². The van der Waals surface area contributed by atoms with Crippen molar-refractivity contribution in [1.82, 2.24) is 14.8 Å². The van der Waals surface area contributed by atoms with Gasteiger partial charge >= 0.3 is 0 Å². The van der Waals surface area contributed by atoms with Gasteiger partial charge in [-0.25, -0.2) is 4.98 Å². The fourth-order valence-corrected chi connectivity index (χ4v) is 4.60. The first-order valence-electron chi connectivity index (χ1n) is 11.6. The lowest BCUT2D eigenvalue weighted by molar-refractivity contribution is 0.193. The molecule has 0 aliphatic carbocycles. The third-order valence-electron chi connectivity index (χ3n) is 6.61. The highest BCUT2D eigenvalue weighted by molar-refractivity contribution is 5.39. The summed E-state index contributed by atoms with van der Waals surface area (Å²) < 4.78 is 6.07. The summed E-state index contributed by atoms with van der Waals surface area (Å²) in [6.07, 6.45) is 4.39. The van der Waals surface area contributed by atoms with Gasteiger partial charge < -0.3 is 9.64 Å². The summed E-state index contributed by atoms with van der Waals surface area (Å²) in [4.78, 5) is 12.0. The summed E-state index contributed by atoms with van der Waals surface area (Å²) in [5.74, 6) is 2.95. The standard InChI is InChI=1S/C25H36N4O/c1-3-21(4-2)18-28-15-16-30-24-9-8-22(17-23(24)20-28)19-27-11-13-29(14-12-27)25-7-5-6-10-26-25/h5-10,17,21H,3-4,11-16,18-20H2,1-2H3. The maximum absolute atomic E-state index is 6.07. The largest absolute Gasteiger partial charge is 0.492 e. The number of hydrogen-bond donors (Lipinski definition) is 0. The lowest BCUT2D eigenvalue weighted by atomic mass is 10.0. The Morgan fingerprint density at radius 3 is 2.53 bits per heavy atom. The molecule has 1 fully saturated rings. The predicted molar refractivity (Wildman–Crippen MR) is 123 cm³/mol. The number of rotatable bonds is 7. The summed E-state index contributed by atoms with van der Waals surface area (Å²) in [6.45, 7) is 13.8. The number of anilines is 1. The monoisotopic (exact) mass is 408 g/mol. The molecule has 0 saturated carbocycles. The van der Waals surface area contributed by atoms with Crippen molar-refractivity contribution in [1.29, 1.82) is 0 Å². The van der Waals surface area contributed by atoms with E-state index in [-0.39, 0.29) is 0 Å². The van der Waals surface area contributed by atoms with E-state index in [2.05, 4.69) is 63.9 Å². The zero-order valence-corrected chi connectivity index (χ0v) is 18.6. The molecule has 0 spiro atoms. The van der Waals surface area contributed by atoms with Crippen molar-refractivity contribution in [3.05, 3.63) is 53.7 Å². The Hall–Kier alpha value is -2.11. The molecule has 1 aromatic carbocycles. The van der Waals surface area contributed by atoms with Crippen molar-refractivity contribution in [2.45, 2.75) is 39.8 Å². The van der Waals surface area contributed by atoms with E-state index in [4.69, 9.17) is 4.74 Å². The normalized spacial score (nSPS) is 18.2. The maximum Gasteiger partial charge on any atom is 0.128 e. The molecule has 0 atom stereocenters. The molecule has 3 heterocycles. The fourth-order valence-electron chi connectivity index (χ4n) is 4.60. The van der Waals surface area contributed by atoms with E-state index in [1.807, 2.05) is 12.3 Å². The van der Waals surface area contributed by atoms with Gasteiger partial charge in [-0.3, -0.25) is 9.80 Å². The molecule has 1 aromatic heterocycles. The average molecular weight is 409 g/mol. The van der Waals surface area contributed by atoms with Crippen LogP contribution in [0.1, 0.15) is 37.8 Å². The second-order valence-corrected chi connectivity index (χ2v) is 8.66. The van der Waals surface area contributed by atoms with Gasteiger partial charge in [0.25, 0.3) is 0 Å². The number of piperazine rings is 1. The molecule has 162 valence electrons. The van der Waals surface area contributed by atoms with Gasteiger partial charge in [-0.2, -0.15) is 0 Å². The highest BCUT2D eigenvalue weighted by atomic mass is 16.5. The number of hydrogen-bond acceptors (Lipinski definition) is 5. The molecule has 5 nitrogen and oxygen atoms in total. The van der Waals surface area contributed by atoms with Crippen LogP contribution in [0.4, 0.5) is 5.82 Å². The molecule has 2 aliphatic rings. The first-order chi connectivity index (χ1) is 14.7. The second-order valence-electron chi connectivity index (χ2n) is 8.66. The quantitative estimate of drug-likeness (QED) is 0.690. The molecule has 0 bridgehead atoms. The van der Waals surface area contributed by atoms with Gasteiger partial charge in [0.1, 0.15) is 18.2 Å². The van der Waals surface area contributed by atoms with Crippen molar-refractivity contribution >= 4 is 5.82 Å². The average Bonchev–Trinajstić information content (AvgIpc) is 3.00. The number of benzene rings is 1. The molecule has 1 saturated heterocycles. The van der Waals surface area contributed by atoms with E-state index in [1.165, 1.54) is 30.5 Å². The molecule has 30 heavy (non-hydrogen) atoms. The van der Waals surface area contributed by atoms with Crippen molar-refractivity contribution in [2.75, 3.05) is 50.8 Å². The number of aromatic nitrogens is 1. The molecule has 4 rings (SSSR count). The van der Waals surface area contributed by atoms with Gasteiger partial charge in [-0.15, -0.1) is 0 Å². The molecule has 0 amide bonds. The third kappa shape index (κ3) is 5.32. The minimum atomic E-state index is 0.783. The van der Waals surface area contributed by atoms with Crippen LogP contribution in [0.2, 0.25) is 0 Å². The summed E-state index contributed by atoms with van der Waals surface area (Å²) in [7, 11) is 0. The molecule has 2 aliphatic heterocycles. The minimum absolute atomic E-state index is 0.783. The van der Waals surface area contributed by atoms with Gasteiger partial charge in [0.2, 0.25) is 0 Å². The van der Waals surface area contributed by atoms with E-state index in [0.717, 1.165) is 69.9 Å². The highest BCUT2D eigenvalue weighted by Crippen LogP contribution is 2.26. The van der Waals surface area contributed by atoms with Gasteiger partial charge in [0, 0.05) is 64.1 Å². The molecule has 5 heteroatoms. The van der Waals surface area contributed by atoms with Crippen LogP contribution >= 0.6 is 0 Å². The van der Waals surface area contributed by atoms with Crippen LogP contribution in [-0.2, 0) is 13.1 Å².